The van der Waals surface area contributed by atoms with E-state index >= 15 is 0 Å². The summed E-state index contributed by atoms with van der Waals surface area (Å²) in [5.41, 5.74) is 2.86. The number of para-hydroxylation sites is 1. The molecule has 16 heavy (non-hydrogen) atoms. The number of nitrogens with zero attached hydrogens (tertiary/aromatic N) is 1. The van der Waals surface area contributed by atoms with Crippen molar-refractivity contribution in [2.75, 3.05) is 0 Å². The summed E-state index contributed by atoms with van der Waals surface area (Å²) in [5, 5.41) is 1.09. The van der Waals surface area contributed by atoms with E-state index in [0.29, 0.717) is 5.88 Å². The van der Waals surface area contributed by atoms with Crippen LogP contribution in [0.2, 0.25) is 0 Å². The normalized spacial score (nSPS) is 10.4. The Hall–Kier alpha value is -1.90. The van der Waals surface area contributed by atoms with Crippen molar-refractivity contribution >= 4 is 16.9 Å². The largest absolute Gasteiger partial charge is 0.407 e. The Kier molecular flexibility index (Phi) is 2.60. The molecule has 0 radical (unpaired) electrons. The van der Waals surface area contributed by atoms with Crippen molar-refractivity contribution in [2.24, 2.45) is 0 Å². The SMILES string of the molecule is CC(=O)Oc1nc2ccccc2c(C)c1C. The monoisotopic (exact) mass is 215 g/mol. The molecule has 0 saturated carbocycles. The second kappa shape index (κ2) is 3.93. The Labute approximate surface area is 94.1 Å². The molecule has 0 bridgehead atoms. The topological polar surface area (TPSA) is 39.2 Å². The van der Waals surface area contributed by atoms with Crippen LogP contribution >= 0.6 is 0 Å². The molecule has 2 rings (SSSR count). The molecule has 0 aliphatic carbocycles. The predicted octanol–water partition coefficient (Wildman–Crippen LogP) is 2.78. The molecule has 2 aromatic rings. The maximum absolute atomic E-state index is 11.0. The molecule has 0 aliphatic rings. The number of benzene rings is 1. The number of esters is 1. The Morgan fingerprint density at radius 1 is 1.19 bits per heavy atom. The zero-order valence-electron chi connectivity index (χ0n) is 9.57. The van der Waals surface area contributed by atoms with Gasteiger partial charge in [0.1, 0.15) is 0 Å². The average molecular weight is 215 g/mol. The van der Waals surface area contributed by atoms with Gasteiger partial charge >= 0.3 is 5.97 Å². The van der Waals surface area contributed by atoms with E-state index < -0.39 is 0 Å². The molecule has 0 N–H and O–H groups in total. The molecule has 1 aromatic heterocycles. The number of aromatic nitrogens is 1. The van der Waals surface area contributed by atoms with Crippen LogP contribution in [0.1, 0.15) is 18.1 Å². The Balaban J connectivity index is 2.68. The van der Waals surface area contributed by atoms with Crippen molar-refractivity contribution in [2.45, 2.75) is 20.8 Å². The lowest BCUT2D eigenvalue weighted by Gasteiger charge is -2.10. The standard InChI is InChI=1S/C13H13NO2/c1-8-9(2)13(16-10(3)15)14-12-7-5-4-6-11(8)12/h4-7H,1-3H3. The predicted molar refractivity (Wildman–Crippen MR) is 62.5 cm³/mol. The number of carbonyl (C=O) groups is 1. The molecule has 0 saturated heterocycles. The van der Waals surface area contributed by atoms with E-state index in [9.17, 15) is 4.79 Å². The molecule has 1 heterocycles. The highest BCUT2D eigenvalue weighted by molar-refractivity contribution is 5.84. The summed E-state index contributed by atoms with van der Waals surface area (Å²) in [6.07, 6.45) is 0. The van der Waals surface area contributed by atoms with Crippen LogP contribution in [0.4, 0.5) is 0 Å². The van der Waals surface area contributed by atoms with Crippen LogP contribution in [-0.2, 0) is 4.79 Å². The Morgan fingerprint density at radius 3 is 2.56 bits per heavy atom. The molecule has 0 aliphatic heterocycles. The summed E-state index contributed by atoms with van der Waals surface area (Å²) in [7, 11) is 0. The minimum absolute atomic E-state index is 0.342. The lowest BCUT2D eigenvalue weighted by molar-refractivity contribution is -0.132. The van der Waals surface area contributed by atoms with Crippen LogP contribution in [0, 0.1) is 13.8 Å². The minimum atomic E-state index is -0.342. The fraction of sp³-hybridized carbons (Fsp3) is 0.231. The van der Waals surface area contributed by atoms with Gasteiger partial charge in [-0.2, -0.15) is 0 Å². The third kappa shape index (κ3) is 1.76. The summed E-state index contributed by atoms with van der Waals surface area (Å²) >= 11 is 0. The molecular weight excluding hydrogens is 202 g/mol. The number of rotatable bonds is 1. The third-order valence-corrected chi connectivity index (χ3v) is 2.65. The lowest BCUT2D eigenvalue weighted by Crippen LogP contribution is -2.05. The van der Waals surface area contributed by atoms with Crippen molar-refractivity contribution in [3.63, 3.8) is 0 Å². The van der Waals surface area contributed by atoms with Crippen LogP contribution in [0.15, 0.2) is 24.3 Å². The summed E-state index contributed by atoms with van der Waals surface area (Å²) in [5.74, 6) is 0.0639. The molecule has 1 aromatic carbocycles. The van der Waals surface area contributed by atoms with Gasteiger partial charge in [0.15, 0.2) is 0 Å². The van der Waals surface area contributed by atoms with E-state index in [4.69, 9.17) is 4.74 Å². The number of hydrogen-bond donors (Lipinski definition) is 0. The van der Waals surface area contributed by atoms with Gasteiger partial charge in [0.25, 0.3) is 0 Å². The zero-order valence-corrected chi connectivity index (χ0v) is 9.57. The molecule has 0 atom stereocenters. The maximum atomic E-state index is 11.0. The Morgan fingerprint density at radius 2 is 1.88 bits per heavy atom. The van der Waals surface area contributed by atoms with E-state index in [0.717, 1.165) is 22.0 Å². The highest BCUT2D eigenvalue weighted by Gasteiger charge is 2.10. The first-order valence-corrected chi connectivity index (χ1v) is 5.14. The first-order chi connectivity index (χ1) is 7.59. The molecular formula is C13H13NO2. The zero-order chi connectivity index (χ0) is 11.7. The van der Waals surface area contributed by atoms with Crippen LogP contribution in [0.25, 0.3) is 10.9 Å². The van der Waals surface area contributed by atoms with Crippen molar-refractivity contribution < 1.29 is 9.53 Å². The number of hydrogen-bond acceptors (Lipinski definition) is 3. The van der Waals surface area contributed by atoms with Gasteiger partial charge in [0.2, 0.25) is 5.88 Å². The van der Waals surface area contributed by atoms with Crippen LogP contribution < -0.4 is 4.74 Å². The van der Waals surface area contributed by atoms with E-state index in [1.54, 1.807) is 0 Å². The molecule has 0 unspecified atom stereocenters. The van der Waals surface area contributed by atoms with Gasteiger partial charge in [0.05, 0.1) is 5.52 Å². The number of ether oxygens (including phenoxy) is 1. The quantitative estimate of drug-likeness (QED) is 0.686. The number of fused-ring (bicyclic) bond motifs is 1. The minimum Gasteiger partial charge on any atom is -0.407 e. The molecule has 0 fully saturated rings. The molecule has 3 nitrogen and oxygen atoms in total. The number of pyridine rings is 1. The lowest BCUT2D eigenvalue weighted by atomic mass is 10.1. The van der Waals surface area contributed by atoms with Crippen LogP contribution in [-0.4, -0.2) is 11.0 Å². The van der Waals surface area contributed by atoms with E-state index in [1.807, 2.05) is 38.1 Å². The van der Waals surface area contributed by atoms with Gasteiger partial charge in [-0.25, -0.2) is 4.98 Å². The molecule has 82 valence electrons. The van der Waals surface area contributed by atoms with Gasteiger partial charge in [-0.15, -0.1) is 0 Å². The summed E-state index contributed by atoms with van der Waals surface area (Å²) in [4.78, 5) is 15.3. The second-order valence-corrected chi connectivity index (χ2v) is 3.78. The van der Waals surface area contributed by atoms with Crippen LogP contribution in [0.5, 0.6) is 5.88 Å². The molecule has 3 heteroatoms. The summed E-state index contributed by atoms with van der Waals surface area (Å²) in [6.45, 7) is 5.30. The number of aryl methyl sites for hydroxylation is 1. The van der Waals surface area contributed by atoms with Gasteiger partial charge in [-0.1, -0.05) is 18.2 Å². The van der Waals surface area contributed by atoms with E-state index in [-0.39, 0.29) is 5.97 Å². The second-order valence-electron chi connectivity index (χ2n) is 3.78. The first-order valence-electron chi connectivity index (χ1n) is 5.14. The maximum Gasteiger partial charge on any atom is 0.309 e. The van der Waals surface area contributed by atoms with Crippen molar-refractivity contribution in [1.82, 2.24) is 4.98 Å². The Bertz CT molecular complexity index is 561. The molecule has 0 spiro atoms. The van der Waals surface area contributed by atoms with Crippen molar-refractivity contribution in [3.05, 3.63) is 35.4 Å². The number of carbonyl (C=O) groups excluding carboxylic acids is 1. The van der Waals surface area contributed by atoms with Crippen LogP contribution in [0.3, 0.4) is 0 Å². The van der Waals surface area contributed by atoms with Gasteiger partial charge in [0, 0.05) is 17.9 Å². The first kappa shape index (κ1) is 10.6. The fourth-order valence-corrected chi connectivity index (χ4v) is 1.68. The van der Waals surface area contributed by atoms with Crippen molar-refractivity contribution in [1.29, 1.82) is 0 Å². The molecule has 0 amide bonds. The van der Waals surface area contributed by atoms with Crippen molar-refractivity contribution in [3.8, 4) is 5.88 Å². The average Bonchev–Trinajstić information content (AvgIpc) is 2.25. The van der Waals surface area contributed by atoms with Gasteiger partial charge < -0.3 is 4.74 Å². The van der Waals surface area contributed by atoms with Gasteiger partial charge in [-0.3, -0.25) is 4.79 Å². The highest BCUT2D eigenvalue weighted by atomic mass is 16.5. The fourth-order valence-electron chi connectivity index (χ4n) is 1.68. The third-order valence-electron chi connectivity index (χ3n) is 2.65. The van der Waals surface area contributed by atoms with E-state index in [1.165, 1.54) is 6.92 Å². The summed E-state index contributed by atoms with van der Waals surface area (Å²) in [6, 6.07) is 7.82. The van der Waals surface area contributed by atoms with Gasteiger partial charge in [-0.05, 0) is 25.5 Å². The highest BCUT2D eigenvalue weighted by Crippen LogP contribution is 2.26. The summed E-state index contributed by atoms with van der Waals surface area (Å²) < 4.78 is 5.08. The smallest absolute Gasteiger partial charge is 0.309 e. The van der Waals surface area contributed by atoms with E-state index in [2.05, 4.69) is 4.98 Å².